The second-order valence-electron chi connectivity index (χ2n) is 2.78. The van der Waals surface area contributed by atoms with E-state index >= 15 is 0 Å². The van der Waals surface area contributed by atoms with Crippen LogP contribution in [0.5, 0.6) is 0 Å². The molecule has 0 bridgehead atoms. The van der Waals surface area contributed by atoms with Gasteiger partial charge in [0.25, 0.3) is 0 Å². The first kappa shape index (κ1) is 9.03. The molecule has 1 amide bonds. The van der Waals surface area contributed by atoms with Crippen LogP contribution in [0.4, 0.5) is 0 Å². The lowest BCUT2D eigenvalue weighted by Gasteiger charge is -2.25. The standard InChI is InChI=1S/C8H13NO3/c1-2-3-4-9-5-6-12-8(11)7(9)10/h2-6H2,1H3. The predicted molar refractivity (Wildman–Crippen MR) is 42.4 cm³/mol. The van der Waals surface area contributed by atoms with Crippen LogP contribution in [-0.2, 0) is 14.3 Å². The van der Waals surface area contributed by atoms with Gasteiger partial charge in [0.1, 0.15) is 6.61 Å². The molecule has 0 N–H and O–H groups in total. The van der Waals surface area contributed by atoms with Crippen LogP contribution >= 0.6 is 0 Å². The normalized spacial score (nSPS) is 17.9. The third-order valence-electron chi connectivity index (χ3n) is 1.84. The molecular weight excluding hydrogens is 158 g/mol. The number of hydrogen-bond acceptors (Lipinski definition) is 3. The molecule has 1 saturated heterocycles. The number of ether oxygens (including phenoxy) is 1. The third-order valence-corrected chi connectivity index (χ3v) is 1.84. The van der Waals surface area contributed by atoms with Gasteiger partial charge in [-0.1, -0.05) is 13.3 Å². The number of carbonyl (C=O) groups excluding carboxylic acids is 2. The van der Waals surface area contributed by atoms with Crippen molar-refractivity contribution in [3.05, 3.63) is 0 Å². The van der Waals surface area contributed by atoms with Crippen LogP contribution in [-0.4, -0.2) is 36.5 Å². The predicted octanol–water partition coefficient (Wildman–Crippen LogP) is 0.172. The summed E-state index contributed by atoms with van der Waals surface area (Å²) in [5, 5.41) is 0. The Bertz CT molecular complexity index is 191. The second-order valence-corrected chi connectivity index (χ2v) is 2.78. The van der Waals surface area contributed by atoms with Crippen LogP contribution in [0.2, 0.25) is 0 Å². The summed E-state index contributed by atoms with van der Waals surface area (Å²) < 4.78 is 4.57. The van der Waals surface area contributed by atoms with Crippen molar-refractivity contribution in [3.63, 3.8) is 0 Å². The van der Waals surface area contributed by atoms with E-state index in [2.05, 4.69) is 4.74 Å². The van der Waals surface area contributed by atoms with E-state index in [0.29, 0.717) is 19.7 Å². The topological polar surface area (TPSA) is 46.6 Å². The smallest absolute Gasteiger partial charge is 0.397 e. The fourth-order valence-corrected chi connectivity index (χ4v) is 1.10. The summed E-state index contributed by atoms with van der Waals surface area (Å²) in [5.74, 6) is -1.20. The van der Waals surface area contributed by atoms with Crippen LogP contribution in [0.3, 0.4) is 0 Å². The highest BCUT2D eigenvalue weighted by Gasteiger charge is 2.27. The summed E-state index contributed by atoms with van der Waals surface area (Å²) in [5.41, 5.74) is 0. The van der Waals surface area contributed by atoms with Crippen LogP contribution in [0.1, 0.15) is 19.8 Å². The summed E-state index contributed by atoms with van der Waals surface area (Å²) in [4.78, 5) is 23.4. The molecule has 1 rings (SSSR count). The third kappa shape index (κ3) is 1.96. The largest absolute Gasteiger partial charge is 0.457 e. The van der Waals surface area contributed by atoms with Gasteiger partial charge in [-0.2, -0.15) is 0 Å². The first-order chi connectivity index (χ1) is 5.75. The summed E-state index contributed by atoms with van der Waals surface area (Å²) in [6, 6.07) is 0. The lowest BCUT2D eigenvalue weighted by molar-refractivity contribution is -0.166. The highest BCUT2D eigenvalue weighted by Crippen LogP contribution is 2.02. The quantitative estimate of drug-likeness (QED) is 0.449. The molecule has 0 aromatic carbocycles. The molecule has 1 fully saturated rings. The van der Waals surface area contributed by atoms with Gasteiger partial charge in [-0.3, -0.25) is 4.79 Å². The summed E-state index contributed by atoms with van der Waals surface area (Å²) in [7, 11) is 0. The van der Waals surface area contributed by atoms with Gasteiger partial charge >= 0.3 is 11.9 Å². The second kappa shape index (κ2) is 4.09. The summed E-state index contributed by atoms with van der Waals surface area (Å²) in [6.07, 6.45) is 1.97. The molecule has 1 aliphatic heterocycles. The molecule has 0 aromatic rings. The zero-order chi connectivity index (χ0) is 8.97. The maximum Gasteiger partial charge on any atom is 0.397 e. The highest BCUT2D eigenvalue weighted by molar-refractivity contribution is 6.32. The first-order valence-electron chi connectivity index (χ1n) is 4.21. The zero-order valence-electron chi connectivity index (χ0n) is 7.21. The van der Waals surface area contributed by atoms with Crippen LogP contribution in [0.25, 0.3) is 0 Å². The van der Waals surface area contributed by atoms with Gasteiger partial charge in [0.05, 0.1) is 6.54 Å². The number of unbranched alkanes of at least 4 members (excludes halogenated alkanes) is 1. The Morgan fingerprint density at radius 1 is 1.50 bits per heavy atom. The number of hydrogen-bond donors (Lipinski definition) is 0. The molecule has 0 atom stereocenters. The molecule has 0 saturated carbocycles. The molecule has 0 aromatic heterocycles. The van der Waals surface area contributed by atoms with Crippen LogP contribution in [0, 0.1) is 0 Å². The van der Waals surface area contributed by atoms with Crippen molar-refractivity contribution in [2.45, 2.75) is 19.8 Å². The van der Waals surface area contributed by atoms with Crippen molar-refractivity contribution in [1.82, 2.24) is 4.90 Å². The molecule has 0 unspecified atom stereocenters. The van der Waals surface area contributed by atoms with E-state index in [-0.39, 0.29) is 0 Å². The van der Waals surface area contributed by atoms with E-state index in [1.54, 1.807) is 4.90 Å². The van der Waals surface area contributed by atoms with Gasteiger partial charge in [0, 0.05) is 6.54 Å². The minimum atomic E-state index is -0.711. The fourth-order valence-electron chi connectivity index (χ4n) is 1.10. The molecule has 1 aliphatic rings. The van der Waals surface area contributed by atoms with Gasteiger partial charge in [-0.25, -0.2) is 4.79 Å². The zero-order valence-corrected chi connectivity index (χ0v) is 7.21. The van der Waals surface area contributed by atoms with Crippen molar-refractivity contribution in [3.8, 4) is 0 Å². The maximum atomic E-state index is 11.1. The van der Waals surface area contributed by atoms with Crippen molar-refractivity contribution in [1.29, 1.82) is 0 Å². The number of cyclic esters (lactones) is 1. The molecule has 4 heteroatoms. The molecule has 1 heterocycles. The van der Waals surface area contributed by atoms with Crippen molar-refractivity contribution in [2.24, 2.45) is 0 Å². The van der Waals surface area contributed by atoms with Crippen molar-refractivity contribution >= 4 is 11.9 Å². The fraction of sp³-hybridized carbons (Fsp3) is 0.750. The molecular formula is C8H13NO3. The number of rotatable bonds is 3. The van der Waals surface area contributed by atoms with Crippen molar-refractivity contribution in [2.75, 3.05) is 19.7 Å². The Balaban J connectivity index is 2.41. The average Bonchev–Trinajstić information content (AvgIpc) is 2.08. The Hall–Kier alpha value is -1.06. The van der Waals surface area contributed by atoms with E-state index in [4.69, 9.17) is 0 Å². The SMILES string of the molecule is CCCCN1CCOC(=O)C1=O. The number of morpholine rings is 1. The number of esters is 1. The minimum absolute atomic E-state index is 0.342. The average molecular weight is 171 g/mol. The monoisotopic (exact) mass is 171 g/mol. The highest BCUT2D eigenvalue weighted by atomic mass is 16.5. The van der Waals surface area contributed by atoms with E-state index in [0.717, 1.165) is 12.8 Å². The molecule has 4 nitrogen and oxygen atoms in total. The Kier molecular flexibility index (Phi) is 3.08. The van der Waals surface area contributed by atoms with Gasteiger partial charge in [-0.15, -0.1) is 0 Å². The molecule has 68 valence electrons. The molecule has 0 spiro atoms. The van der Waals surface area contributed by atoms with Gasteiger partial charge in [0.15, 0.2) is 0 Å². The first-order valence-corrected chi connectivity index (χ1v) is 4.21. The Labute approximate surface area is 71.5 Å². The summed E-state index contributed by atoms with van der Waals surface area (Å²) in [6.45, 7) is 3.61. The molecule has 12 heavy (non-hydrogen) atoms. The number of amides is 1. The number of carbonyl (C=O) groups is 2. The van der Waals surface area contributed by atoms with Crippen molar-refractivity contribution < 1.29 is 14.3 Å². The molecule has 0 aliphatic carbocycles. The Morgan fingerprint density at radius 2 is 2.25 bits per heavy atom. The van der Waals surface area contributed by atoms with E-state index in [1.807, 2.05) is 6.92 Å². The molecule has 0 radical (unpaired) electrons. The lowest BCUT2D eigenvalue weighted by atomic mass is 10.3. The number of nitrogens with zero attached hydrogens (tertiary/aromatic N) is 1. The maximum absolute atomic E-state index is 11.1. The van der Waals surface area contributed by atoms with Crippen LogP contribution in [0.15, 0.2) is 0 Å². The van der Waals surface area contributed by atoms with E-state index < -0.39 is 11.9 Å². The Morgan fingerprint density at radius 3 is 2.92 bits per heavy atom. The van der Waals surface area contributed by atoms with Gasteiger partial charge < -0.3 is 9.64 Å². The summed E-state index contributed by atoms with van der Waals surface area (Å²) >= 11 is 0. The minimum Gasteiger partial charge on any atom is -0.457 e. The van der Waals surface area contributed by atoms with Gasteiger partial charge in [-0.05, 0) is 6.42 Å². The van der Waals surface area contributed by atoms with Gasteiger partial charge in [0.2, 0.25) is 0 Å². The van der Waals surface area contributed by atoms with E-state index in [9.17, 15) is 9.59 Å². The van der Waals surface area contributed by atoms with Crippen LogP contribution < -0.4 is 0 Å². The lowest BCUT2D eigenvalue weighted by Crippen LogP contribution is -2.45. The van der Waals surface area contributed by atoms with E-state index in [1.165, 1.54) is 0 Å².